The van der Waals surface area contributed by atoms with Crippen molar-refractivity contribution in [3.63, 3.8) is 0 Å². The quantitative estimate of drug-likeness (QED) is 0.539. The fourth-order valence-corrected chi connectivity index (χ4v) is 6.39. The SMILES string of the molecule is CCn1c(C)c(Cc2ccccc2S(=O)(=O)c2ccccc2)c2c1CC(C)(C)CC2=O. The first-order valence-corrected chi connectivity index (χ1v) is 12.3. The van der Waals surface area contributed by atoms with Gasteiger partial charge in [0.05, 0.1) is 9.79 Å². The second-order valence-corrected chi connectivity index (χ2v) is 11.1. The number of rotatable bonds is 5. The Morgan fingerprint density at radius 1 is 0.968 bits per heavy atom. The maximum absolute atomic E-state index is 13.4. The van der Waals surface area contributed by atoms with Crippen molar-refractivity contribution in [1.29, 1.82) is 0 Å². The summed E-state index contributed by atoms with van der Waals surface area (Å²) in [7, 11) is -3.65. The highest BCUT2D eigenvalue weighted by Crippen LogP contribution is 2.40. The average molecular weight is 436 g/mol. The van der Waals surface area contributed by atoms with Crippen LogP contribution in [0.25, 0.3) is 0 Å². The lowest BCUT2D eigenvalue weighted by Crippen LogP contribution is -2.28. The molecule has 0 saturated carbocycles. The molecule has 0 saturated heterocycles. The number of carbonyl (C=O) groups excluding carboxylic acids is 1. The van der Waals surface area contributed by atoms with E-state index in [1.165, 1.54) is 0 Å². The molecule has 31 heavy (non-hydrogen) atoms. The molecule has 0 amide bonds. The number of hydrogen-bond acceptors (Lipinski definition) is 3. The minimum absolute atomic E-state index is 0.0619. The standard InChI is InChI=1S/C26H29NO3S/c1-5-27-18(2)21(25-22(27)16-26(3,4)17-23(25)28)15-19-11-9-10-14-24(19)31(29,30)20-12-7-6-8-13-20/h6-14H,5,15-17H2,1-4H3. The Labute approximate surface area is 184 Å². The third-order valence-electron chi connectivity index (χ3n) is 6.32. The summed E-state index contributed by atoms with van der Waals surface area (Å²) < 4.78 is 28.9. The van der Waals surface area contributed by atoms with Crippen molar-refractivity contribution in [3.8, 4) is 0 Å². The molecule has 5 heteroatoms. The van der Waals surface area contributed by atoms with Crippen molar-refractivity contribution in [2.45, 2.75) is 63.3 Å². The normalized spacial score (nSPS) is 15.7. The van der Waals surface area contributed by atoms with Gasteiger partial charge in [-0.1, -0.05) is 50.2 Å². The van der Waals surface area contributed by atoms with Gasteiger partial charge in [-0.05, 0) is 55.0 Å². The first-order chi connectivity index (χ1) is 14.7. The Morgan fingerprint density at radius 2 is 1.61 bits per heavy atom. The van der Waals surface area contributed by atoms with Crippen LogP contribution in [0.2, 0.25) is 0 Å². The molecule has 0 bridgehead atoms. The minimum Gasteiger partial charge on any atom is -0.348 e. The van der Waals surface area contributed by atoms with Crippen LogP contribution in [0.3, 0.4) is 0 Å². The first-order valence-electron chi connectivity index (χ1n) is 10.8. The van der Waals surface area contributed by atoms with Gasteiger partial charge in [-0.15, -0.1) is 0 Å². The molecule has 3 aromatic rings. The average Bonchev–Trinajstić information content (AvgIpc) is 2.98. The van der Waals surface area contributed by atoms with E-state index in [1.807, 2.05) is 19.1 Å². The molecule has 1 heterocycles. The van der Waals surface area contributed by atoms with Crippen LogP contribution in [0.15, 0.2) is 64.4 Å². The van der Waals surface area contributed by atoms with Gasteiger partial charge in [-0.3, -0.25) is 4.79 Å². The van der Waals surface area contributed by atoms with Crippen LogP contribution < -0.4 is 0 Å². The van der Waals surface area contributed by atoms with Gasteiger partial charge >= 0.3 is 0 Å². The molecule has 2 aromatic carbocycles. The fraction of sp³-hybridized carbons (Fsp3) is 0.346. The van der Waals surface area contributed by atoms with E-state index in [0.717, 1.165) is 41.0 Å². The van der Waals surface area contributed by atoms with Crippen molar-refractivity contribution in [3.05, 3.63) is 82.7 Å². The molecule has 0 aliphatic heterocycles. The van der Waals surface area contributed by atoms with Crippen LogP contribution in [0.4, 0.5) is 0 Å². The summed E-state index contributed by atoms with van der Waals surface area (Å²) in [6.45, 7) is 9.21. The van der Waals surface area contributed by atoms with E-state index >= 15 is 0 Å². The smallest absolute Gasteiger partial charge is 0.206 e. The number of nitrogens with zero attached hydrogens (tertiary/aromatic N) is 1. The second-order valence-electron chi connectivity index (χ2n) is 9.17. The zero-order valence-electron chi connectivity index (χ0n) is 18.6. The van der Waals surface area contributed by atoms with E-state index in [4.69, 9.17) is 0 Å². The first kappa shape index (κ1) is 21.6. The van der Waals surface area contributed by atoms with Gasteiger partial charge in [0.1, 0.15) is 0 Å². The van der Waals surface area contributed by atoms with Crippen LogP contribution in [0.5, 0.6) is 0 Å². The predicted octanol–water partition coefficient (Wildman–Crippen LogP) is 5.40. The number of benzene rings is 2. The van der Waals surface area contributed by atoms with Crippen LogP contribution in [0.1, 0.15) is 60.1 Å². The third-order valence-corrected chi connectivity index (χ3v) is 8.19. The molecule has 0 unspecified atom stereocenters. The highest BCUT2D eigenvalue weighted by molar-refractivity contribution is 7.91. The molecule has 0 radical (unpaired) electrons. The molecular weight excluding hydrogens is 406 g/mol. The Morgan fingerprint density at radius 3 is 2.29 bits per heavy atom. The van der Waals surface area contributed by atoms with Crippen LogP contribution >= 0.6 is 0 Å². The molecule has 1 aliphatic rings. The number of aromatic nitrogens is 1. The van der Waals surface area contributed by atoms with Gasteiger partial charge < -0.3 is 4.57 Å². The van der Waals surface area contributed by atoms with E-state index in [0.29, 0.717) is 17.7 Å². The molecule has 0 N–H and O–H groups in total. The number of ketones is 1. The number of hydrogen-bond donors (Lipinski definition) is 0. The molecule has 0 fully saturated rings. The fourth-order valence-electron chi connectivity index (χ4n) is 4.88. The zero-order chi connectivity index (χ0) is 22.4. The van der Waals surface area contributed by atoms with Gasteiger partial charge in [-0.2, -0.15) is 0 Å². The maximum Gasteiger partial charge on any atom is 0.206 e. The summed E-state index contributed by atoms with van der Waals surface area (Å²) in [6.07, 6.45) is 1.80. The van der Waals surface area contributed by atoms with E-state index in [1.54, 1.807) is 42.5 Å². The summed E-state index contributed by atoms with van der Waals surface area (Å²) in [6, 6.07) is 15.7. The Kier molecular flexibility index (Phi) is 5.42. The lowest BCUT2D eigenvalue weighted by atomic mass is 9.75. The molecular formula is C26H29NO3S. The third kappa shape index (κ3) is 3.76. The predicted molar refractivity (Wildman–Crippen MR) is 122 cm³/mol. The van der Waals surface area contributed by atoms with Gasteiger partial charge in [0.2, 0.25) is 9.84 Å². The number of sulfone groups is 1. The van der Waals surface area contributed by atoms with Crippen LogP contribution in [-0.2, 0) is 29.2 Å². The monoisotopic (exact) mass is 435 g/mol. The Bertz CT molecular complexity index is 1250. The topological polar surface area (TPSA) is 56.1 Å². The van der Waals surface area contributed by atoms with E-state index in [9.17, 15) is 13.2 Å². The highest BCUT2D eigenvalue weighted by atomic mass is 32.2. The van der Waals surface area contributed by atoms with Crippen molar-refractivity contribution in [2.24, 2.45) is 5.41 Å². The molecule has 4 nitrogen and oxygen atoms in total. The summed E-state index contributed by atoms with van der Waals surface area (Å²) >= 11 is 0. The highest BCUT2D eigenvalue weighted by Gasteiger charge is 2.36. The van der Waals surface area contributed by atoms with Gasteiger partial charge in [0.25, 0.3) is 0 Å². The molecule has 1 aromatic heterocycles. The van der Waals surface area contributed by atoms with Crippen LogP contribution in [-0.4, -0.2) is 18.8 Å². The summed E-state index contributed by atoms with van der Waals surface area (Å²) in [5, 5.41) is 0. The summed E-state index contributed by atoms with van der Waals surface area (Å²) in [5.41, 5.74) is 4.60. The van der Waals surface area contributed by atoms with Gasteiger partial charge in [0, 0.05) is 36.3 Å². The lowest BCUT2D eigenvalue weighted by molar-refractivity contribution is 0.0909. The summed E-state index contributed by atoms with van der Waals surface area (Å²) in [4.78, 5) is 13.8. The maximum atomic E-state index is 13.4. The van der Waals surface area contributed by atoms with Gasteiger partial charge in [0.15, 0.2) is 5.78 Å². The van der Waals surface area contributed by atoms with Crippen molar-refractivity contribution >= 4 is 15.6 Å². The Hall–Kier alpha value is -2.66. The van der Waals surface area contributed by atoms with Crippen molar-refractivity contribution < 1.29 is 13.2 Å². The molecule has 162 valence electrons. The molecule has 0 spiro atoms. The van der Waals surface area contributed by atoms with Gasteiger partial charge in [-0.25, -0.2) is 8.42 Å². The van der Waals surface area contributed by atoms with Crippen LogP contribution in [0, 0.1) is 12.3 Å². The minimum atomic E-state index is -3.65. The Balaban J connectivity index is 1.85. The number of Topliss-reactive ketones (excluding diaryl/α,β-unsaturated/α-hetero) is 1. The van der Waals surface area contributed by atoms with E-state index in [-0.39, 0.29) is 16.1 Å². The molecule has 0 atom stereocenters. The lowest BCUT2D eigenvalue weighted by Gasteiger charge is -2.30. The van der Waals surface area contributed by atoms with Crippen molar-refractivity contribution in [2.75, 3.05) is 0 Å². The molecule has 1 aliphatic carbocycles. The van der Waals surface area contributed by atoms with Crippen molar-refractivity contribution in [1.82, 2.24) is 4.57 Å². The van der Waals surface area contributed by atoms with E-state index < -0.39 is 9.84 Å². The second kappa shape index (κ2) is 7.79. The largest absolute Gasteiger partial charge is 0.348 e. The molecule has 4 rings (SSSR count). The summed E-state index contributed by atoms with van der Waals surface area (Å²) in [5.74, 6) is 0.167. The zero-order valence-corrected chi connectivity index (χ0v) is 19.4. The van der Waals surface area contributed by atoms with E-state index in [2.05, 4.69) is 25.3 Å². The number of fused-ring (bicyclic) bond motifs is 1. The number of carbonyl (C=O) groups is 1.